The second kappa shape index (κ2) is 16.1. The van der Waals surface area contributed by atoms with Gasteiger partial charge in [0.2, 0.25) is 11.8 Å². The average molecular weight is 739 g/mol. The molecular formula is C47H50N2O6. The maximum atomic E-state index is 14.5. The summed E-state index contributed by atoms with van der Waals surface area (Å²) in [5.74, 6) is -1.99. The molecule has 0 radical (unpaired) electrons. The van der Waals surface area contributed by atoms with Crippen molar-refractivity contribution in [3.05, 3.63) is 117 Å². The molecule has 0 aromatic heterocycles. The highest BCUT2D eigenvalue weighted by molar-refractivity contribution is 6.35. The van der Waals surface area contributed by atoms with Crippen LogP contribution in [-0.4, -0.2) is 34.9 Å². The van der Waals surface area contributed by atoms with E-state index in [0.717, 1.165) is 38.5 Å². The highest BCUT2D eigenvalue weighted by Gasteiger charge is 2.39. The molecule has 0 aliphatic heterocycles. The van der Waals surface area contributed by atoms with Crippen LogP contribution in [0.2, 0.25) is 0 Å². The molecule has 3 aliphatic carbocycles. The van der Waals surface area contributed by atoms with Crippen molar-refractivity contribution in [3.63, 3.8) is 0 Å². The lowest BCUT2D eigenvalue weighted by Crippen LogP contribution is -2.33. The first-order valence-corrected chi connectivity index (χ1v) is 19.6. The Morgan fingerprint density at radius 2 is 1.00 bits per heavy atom. The van der Waals surface area contributed by atoms with Crippen LogP contribution < -0.4 is 10.6 Å². The number of ketones is 4. The van der Waals surface area contributed by atoms with Crippen LogP contribution in [-0.2, 0) is 9.59 Å². The molecule has 2 amide bonds. The molecule has 3 aliphatic rings. The van der Waals surface area contributed by atoms with E-state index in [1.807, 2.05) is 13.8 Å². The van der Waals surface area contributed by atoms with Crippen LogP contribution in [0.15, 0.2) is 72.8 Å². The summed E-state index contributed by atoms with van der Waals surface area (Å²) in [5.41, 5.74) is 1.29. The van der Waals surface area contributed by atoms with E-state index in [1.54, 1.807) is 72.8 Å². The van der Waals surface area contributed by atoms with Gasteiger partial charge in [-0.1, -0.05) is 128 Å². The minimum atomic E-state index is -0.757. The van der Waals surface area contributed by atoms with E-state index in [-0.39, 0.29) is 84.7 Å². The topological polar surface area (TPSA) is 126 Å². The molecule has 4 aromatic carbocycles. The zero-order valence-electron chi connectivity index (χ0n) is 32.7. The SMILES string of the molecule is CC(C)CCC(C)(C)C(=O)Nc1ccc(-c2ccc(NC(=O)C3CCCCC3)c3c2C(=O)c2ccccc2C3=O)c2c1C(=O)c1ccccc1C2=O.CCC. The van der Waals surface area contributed by atoms with Crippen molar-refractivity contribution in [2.24, 2.45) is 17.3 Å². The predicted molar refractivity (Wildman–Crippen MR) is 216 cm³/mol. The molecule has 0 heterocycles. The lowest BCUT2D eigenvalue weighted by molar-refractivity contribution is -0.124. The summed E-state index contributed by atoms with van der Waals surface area (Å²) in [6, 6.07) is 19.6. The lowest BCUT2D eigenvalue weighted by atomic mass is 9.75. The minimum absolute atomic E-state index is 0.0348. The van der Waals surface area contributed by atoms with Gasteiger partial charge in [0, 0.05) is 44.7 Å². The van der Waals surface area contributed by atoms with Gasteiger partial charge in [-0.3, -0.25) is 28.8 Å². The number of nitrogens with one attached hydrogen (secondary N) is 2. The largest absolute Gasteiger partial charge is 0.325 e. The molecule has 7 rings (SSSR count). The molecule has 8 heteroatoms. The van der Waals surface area contributed by atoms with Gasteiger partial charge in [-0.2, -0.15) is 0 Å². The molecule has 0 bridgehead atoms. The van der Waals surface area contributed by atoms with Gasteiger partial charge in [-0.05, 0) is 54.9 Å². The van der Waals surface area contributed by atoms with E-state index < -0.39 is 28.5 Å². The van der Waals surface area contributed by atoms with Crippen LogP contribution in [0.25, 0.3) is 11.1 Å². The number of fused-ring (bicyclic) bond motifs is 4. The van der Waals surface area contributed by atoms with Crippen LogP contribution >= 0.6 is 0 Å². The van der Waals surface area contributed by atoms with Gasteiger partial charge in [0.1, 0.15) is 0 Å². The van der Waals surface area contributed by atoms with Crippen molar-refractivity contribution in [1.29, 1.82) is 0 Å². The van der Waals surface area contributed by atoms with Crippen molar-refractivity contribution in [2.75, 3.05) is 10.6 Å². The van der Waals surface area contributed by atoms with E-state index in [4.69, 9.17) is 0 Å². The van der Waals surface area contributed by atoms with Crippen LogP contribution in [0, 0.1) is 17.3 Å². The van der Waals surface area contributed by atoms with Crippen LogP contribution in [0.1, 0.15) is 157 Å². The van der Waals surface area contributed by atoms with Gasteiger partial charge in [-0.15, -0.1) is 0 Å². The van der Waals surface area contributed by atoms with Crippen molar-refractivity contribution < 1.29 is 28.8 Å². The maximum Gasteiger partial charge on any atom is 0.230 e. The number of hydrogen-bond donors (Lipinski definition) is 2. The normalized spacial score (nSPS) is 15.0. The highest BCUT2D eigenvalue weighted by atomic mass is 16.2. The van der Waals surface area contributed by atoms with Crippen molar-refractivity contribution in [1.82, 2.24) is 0 Å². The molecule has 55 heavy (non-hydrogen) atoms. The lowest BCUT2D eigenvalue weighted by Gasteiger charge is -2.28. The summed E-state index contributed by atoms with van der Waals surface area (Å²) in [5, 5.41) is 5.94. The average Bonchev–Trinajstić information content (AvgIpc) is 3.18. The number of carbonyl (C=O) groups is 6. The Bertz CT molecular complexity index is 2220. The number of carbonyl (C=O) groups excluding carboxylic acids is 6. The Morgan fingerprint density at radius 3 is 1.42 bits per heavy atom. The third-order valence-corrected chi connectivity index (χ3v) is 10.9. The Balaban J connectivity index is 0.00000166. The van der Waals surface area contributed by atoms with E-state index in [1.165, 1.54) is 6.42 Å². The van der Waals surface area contributed by atoms with E-state index in [9.17, 15) is 28.8 Å². The van der Waals surface area contributed by atoms with Crippen LogP contribution in [0.3, 0.4) is 0 Å². The Labute approximate surface area is 323 Å². The smallest absolute Gasteiger partial charge is 0.230 e. The van der Waals surface area contributed by atoms with Gasteiger partial charge < -0.3 is 10.6 Å². The van der Waals surface area contributed by atoms with Gasteiger partial charge in [-0.25, -0.2) is 0 Å². The van der Waals surface area contributed by atoms with E-state index in [2.05, 4.69) is 38.3 Å². The first kappa shape index (κ1) is 39.2. The predicted octanol–water partition coefficient (Wildman–Crippen LogP) is 10.2. The van der Waals surface area contributed by atoms with Gasteiger partial charge in [0.25, 0.3) is 0 Å². The first-order chi connectivity index (χ1) is 26.3. The van der Waals surface area contributed by atoms with Crippen molar-refractivity contribution in [3.8, 4) is 11.1 Å². The summed E-state index contributed by atoms with van der Waals surface area (Å²) >= 11 is 0. The van der Waals surface area contributed by atoms with E-state index >= 15 is 0 Å². The maximum absolute atomic E-state index is 14.5. The zero-order valence-corrected chi connectivity index (χ0v) is 32.7. The number of benzene rings is 4. The van der Waals surface area contributed by atoms with Crippen LogP contribution in [0.5, 0.6) is 0 Å². The zero-order chi connectivity index (χ0) is 39.6. The van der Waals surface area contributed by atoms with Crippen molar-refractivity contribution in [2.45, 2.75) is 92.9 Å². The monoisotopic (exact) mass is 738 g/mol. The second-order valence-electron chi connectivity index (χ2n) is 16.0. The quantitative estimate of drug-likeness (QED) is 0.160. The van der Waals surface area contributed by atoms with Crippen LogP contribution in [0.4, 0.5) is 11.4 Å². The summed E-state index contributed by atoms with van der Waals surface area (Å²) in [6.07, 6.45) is 7.19. The molecule has 1 fully saturated rings. The highest BCUT2D eigenvalue weighted by Crippen LogP contribution is 2.44. The van der Waals surface area contributed by atoms with Crippen molar-refractivity contribution >= 4 is 46.3 Å². The van der Waals surface area contributed by atoms with Gasteiger partial charge in [0.05, 0.1) is 22.5 Å². The summed E-state index contributed by atoms with van der Waals surface area (Å²) in [4.78, 5) is 84.7. The Morgan fingerprint density at radius 1 is 0.600 bits per heavy atom. The Kier molecular flexibility index (Phi) is 11.5. The molecule has 284 valence electrons. The third-order valence-electron chi connectivity index (χ3n) is 10.9. The molecule has 8 nitrogen and oxygen atoms in total. The minimum Gasteiger partial charge on any atom is -0.325 e. The Hall–Kier alpha value is -5.50. The molecule has 0 unspecified atom stereocenters. The van der Waals surface area contributed by atoms with Gasteiger partial charge >= 0.3 is 0 Å². The standard InChI is InChI=1S/C44H42N2O6.C3H8/c1-24(2)22-23-44(3,4)43(52)46-33-21-19-27(35-37(33)41(50)31-17-11-9-15-29(31)39(35)48)26-18-20-32(45-42(51)25-12-6-5-7-13-25)36-34(26)38(47)28-14-8-10-16-30(28)40(36)49;1-3-2/h8-11,14-21,24-25H,5-7,12-13,22-23H2,1-4H3,(H,45,51)(H,46,52);3H2,1-2H3. The molecule has 2 N–H and O–H groups in total. The molecule has 0 spiro atoms. The summed E-state index contributed by atoms with van der Waals surface area (Å²) in [7, 11) is 0. The molecule has 1 saturated carbocycles. The number of rotatable bonds is 8. The fourth-order valence-corrected chi connectivity index (χ4v) is 7.76. The van der Waals surface area contributed by atoms with Gasteiger partial charge in [0.15, 0.2) is 23.1 Å². The number of anilines is 2. The fourth-order valence-electron chi connectivity index (χ4n) is 7.76. The molecular weight excluding hydrogens is 689 g/mol. The first-order valence-electron chi connectivity index (χ1n) is 19.6. The molecule has 0 saturated heterocycles. The second-order valence-corrected chi connectivity index (χ2v) is 16.0. The van der Waals surface area contributed by atoms with E-state index in [0.29, 0.717) is 12.3 Å². The summed E-state index contributed by atoms with van der Waals surface area (Å²) < 4.78 is 0. The fraction of sp³-hybridized carbons (Fsp3) is 0.362. The third kappa shape index (κ3) is 7.47. The number of amides is 2. The molecule has 4 aromatic rings. The number of hydrogen-bond acceptors (Lipinski definition) is 6. The summed E-state index contributed by atoms with van der Waals surface area (Å²) in [6.45, 7) is 12.2. The molecule has 0 atom stereocenters.